The lowest BCUT2D eigenvalue weighted by atomic mass is 10.2. The monoisotopic (exact) mass is 331 g/mol. The van der Waals surface area contributed by atoms with Gasteiger partial charge in [-0.3, -0.25) is 0 Å². The summed E-state index contributed by atoms with van der Waals surface area (Å²) >= 11 is 10.6. The van der Waals surface area contributed by atoms with Crippen molar-refractivity contribution in [3.8, 4) is 10.6 Å². The van der Waals surface area contributed by atoms with Crippen molar-refractivity contribution in [2.75, 3.05) is 0 Å². The third-order valence-electron chi connectivity index (χ3n) is 2.17. The lowest BCUT2D eigenvalue weighted by Crippen LogP contribution is -1.98. The number of halogens is 2. The Bertz CT molecular complexity index is 597. The van der Waals surface area contributed by atoms with Crippen LogP contribution >= 0.6 is 38.9 Å². The fourth-order valence-corrected chi connectivity index (χ4v) is 2.68. The number of carbonyl (C=O) groups is 1. The average Bonchev–Trinajstić information content (AvgIpc) is 2.64. The number of aromatic carboxylic acids is 1. The standard InChI is InChI=1S/C11H7BrClNO2S/c1-5-9(11(15)16)14-10(17-5)6-2-3-7(12)8(13)4-6/h2-4H,1H3,(H,15,16). The predicted octanol–water partition coefficient (Wildman–Crippen LogP) is 4.23. The van der Waals surface area contributed by atoms with Gasteiger partial charge in [0.1, 0.15) is 5.01 Å². The first kappa shape index (κ1) is 12.5. The molecule has 0 radical (unpaired) electrons. The van der Waals surface area contributed by atoms with E-state index in [2.05, 4.69) is 20.9 Å². The van der Waals surface area contributed by atoms with Crippen molar-refractivity contribution in [1.82, 2.24) is 4.98 Å². The fourth-order valence-electron chi connectivity index (χ4n) is 1.35. The zero-order valence-corrected chi connectivity index (χ0v) is 11.9. The summed E-state index contributed by atoms with van der Waals surface area (Å²) in [5.41, 5.74) is 0.919. The number of thiazole rings is 1. The molecule has 6 heteroatoms. The third-order valence-corrected chi connectivity index (χ3v) is 4.42. The molecule has 0 saturated heterocycles. The van der Waals surface area contributed by atoms with Gasteiger partial charge in [-0.2, -0.15) is 0 Å². The van der Waals surface area contributed by atoms with E-state index < -0.39 is 5.97 Å². The molecule has 88 valence electrons. The second-order valence-electron chi connectivity index (χ2n) is 3.36. The van der Waals surface area contributed by atoms with Gasteiger partial charge in [-0.1, -0.05) is 17.7 Å². The first-order chi connectivity index (χ1) is 7.99. The summed E-state index contributed by atoms with van der Waals surface area (Å²) in [6.45, 7) is 1.74. The van der Waals surface area contributed by atoms with Crippen molar-refractivity contribution in [3.05, 3.63) is 38.3 Å². The maximum atomic E-state index is 10.9. The van der Waals surface area contributed by atoms with Crippen molar-refractivity contribution in [2.45, 2.75) is 6.92 Å². The van der Waals surface area contributed by atoms with Crippen LogP contribution in [0.25, 0.3) is 10.6 Å². The first-order valence-corrected chi connectivity index (χ1v) is 6.64. The minimum atomic E-state index is -1.01. The Morgan fingerprint density at radius 3 is 2.76 bits per heavy atom. The van der Waals surface area contributed by atoms with Crippen LogP contribution in [0.1, 0.15) is 15.4 Å². The Kier molecular flexibility index (Phi) is 3.51. The molecule has 2 aromatic rings. The largest absolute Gasteiger partial charge is 0.476 e. The van der Waals surface area contributed by atoms with Crippen LogP contribution in [0.5, 0.6) is 0 Å². The summed E-state index contributed by atoms with van der Waals surface area (Å²) < 4.78 is 0.801. The number of hydrogen-bond acceptors (Lipinski definition) is 3. The molecular formula is C11H7BrClNO2S. The van der Waals surface area contributed by atoms with Crippen molar-refractivity contribution >= 4 is 44.8 Å². The summed E-state index contributed by atoms with van der Waals surface area (Å²) in [5.74, 6) is -1.01. The molecule has 0 aliphatic heterocycles. The Labute approximate surface area is 115 Å². The van der Waals surface area contributed by atoms with Gasteiger partial charge in [0.15, 0.2) is 5.69 Å². The number of benzene rings is 1. The molecular weight excluding hydrogens is 326 g/mol. The molecule has 0 bridgehead atoms. The smallest absolute Gasteiger partial charge is 0.355 e. The highest BCUT2D eigenvalue weighted by Gasteiger charge is 2.15. The van der Waals surface area contributed by atoms with Crippen molar-refractivity contribution < 1.29 is 9.90 Å². The van der Waals surface area contributed by atoms with Gasteiger partial charge in [0, 0.05) is 14.9 Å². The number of carboxylic acids is 1. The van der Waals surface area contributed by atoms with Gasteiger partial charge >= 0.3 is 5.97 Å². The average molecular weight is 333 g/mol. The summed E-state index contributed by atoms with van der Waals surface area (Å²) in [4.78, 5) is 15.7. The minimum absolute atomic E-state index is 0.101. The molecule has 0 aliphatic rings. The number of carboxylic acid groups (broad SMARTS) is 1. The van der Waals surface area contributed by atoms with Crippen molar-refractivity contribution in [2.24, 2.45) is 0 Å². The topological polar surface area (TPSA) is 50.2 Å². The molecule has 2 rings (SSSR count). The zero-order valence-electron chi connectivity index (χ0n) is 8.70. The van der Waals surface area contributed by atoms with E-state index in [1.807, 2.05) is 12.1 Å². The third kappa shape index (κ3) is 2.51. The van der Waals surface area contributed by atoms with E-state index in [0.29, 0.717) is 14.9 Å². The number of aromatic nitrogens is 1. The number of rotatable bonds is 2. The molecule has 0 amide bonds. The van der Waals surface area contributed by atoms with Crippen LogP contribution in [-0.4, -0.2) is 16.1 Å². The van der Waals surface area contributed by atoms with E-state index in [1.54, 1.807) is 13.0 Å². The molecule has 0 aliphatic carbocycles. The molecule has 1 aromatic heterocycles. The molecule has 1 heterocycles. The van der Waals surface area contributed by atoms with E-state index in [0.717, 1.165) is 10.0 Å². The van der Waals surface area contributed by atoms with Gasteiger partial charge in [0.2, 0.25) is 0 Å². The van der Waals surface area contributed by atoms with Gasteiger partial charge < -0.3 is 5.11 Å². The van der Waals surface area contributed by atoms with Crippen LogP contribution in [0.4, 0.5) is 0 Å². The van der Waals surface area contributed by atoms with E-state index >= 15 is 0 Å². The number of nitrogens with zero attached hydrogens (tertiary/aromatic N) is 1. The van der Waals surface area contributed by atoms with Crippen LogP contribution in [0.3, 0.4) is 0 Å². The quantitative estimate of drug-likeness (QED) is 0.895. The zero-order chi connectivity index (χ0) is 12.6. The van der Waals surface area contributed by atoms with Gasteiger partial charge in [0.25, 0.3) is 0 Å². The van der Waals surface area contributed by atoms with Crippen LogP contribution in [0.2, 0.25) is 5.02 Å². The van der Waals surface area contributed by atoms with Crippen molar-refractivity contribution in [1.29, 1.82) is 0 Å². The van der Waals surface area contributed by atoms with Crippen LogP contribution in [0.15, 0.2) is 22.7 Å². The summed E-state index contributed by atoms with van der Waals surface area (Å²) in [7, 11) is 0. The molecule has 1 aromatic carbocycles. The van der Waals surface area contributed by atoms with Crippen LogP contribution in [0, 0.1) is 6.92 Å². The predicted molar refractivity (Wildman–Crippen MR) is 72.0 cm³/mol. The molecule has 0 saturated carbocycles. The fraction of sp³-hybridized carbons (Fsp3) is 0.0909. The Morgan fingerprint density at radius 2 is 2.24 bits per heavy atom. The van der Waals surface area contributed by atoms with E-state index in [9.17, 15) is 4.79 Å². The molecule has 0 fully saturated rings. The molecule has 0 unspecified atom stereocenters. The highest BCUT2D eigenvalue weighted by atomic mass is 79.9. The molecule has 0 atom stereocenters. The van der Waals surface area contributed by atoms with E-state index in [1.165, 1.54) is 11.3 Å². The summed E-state index contributed by atoms with van der Waals surface area (Å²) in [6, 6.07) is 5.42. The van der Waals surface area contributed by atoms with Crippen LogP contribution < -0.4 is 0 Å². The second kappa shape index (κ2) is 4.76. The van der Waals surface area contributed by atoms with Crippen molar-refractivity contribution in [3.63, 3.8) is 0 Å². The number of hydrogen-bond donors (Lipinski definition) is 1. The van der Waals surface area contributed by atoms with Gasteiger partial charge in [-0.25, -0.2) is 9.78 Å². The molecule has 3 nitrogen and oxygen atoms in total. The van der Waals surface area contributed by atoms with E-state index in [4.69, 9.17) is 16.7 Å². The second-order valence-corrected chi connectivity index (χ2v) is 5.82. The summed E-state index contributed by atoms with van der Waals surface area (Å²) in [5, 5.41) is 10.2. The molecule has 17 heavy (non-hydrogen) atoms. The highest BCUT2D eigenvalue weighted by Crippen LogP contribution is 2.32. The minimum Gasteiger partial charge on any atom is -0.476 e. The normalized spacial score (nSPS) is 10.5. The maximum absolute atomic E-state index is 10.9. The first-order valence-electron chi connectivity index (χ1n) is 4.65. The van der Waals surface area contributed by atoms with Crippen LogP contribution in [-0.2, 0) is 0 Å². The van der Waals surface area contributed by atoms with Gasteiger partial charge in [-0.05, 0) is 35.0 Å². The Hall–Kier alpha value is -0.910. The highest BCUT2D eigenvalue weighted by molar-refractivity contribution is 9.10. The lowest BCUT2D eigenvalue weighted by molar-refractivity contribution is 0.0690. The Balaban J connectivity index is 2.50. The lowest BCUT2D eigenvalue weighted by Gasteiger charge is -1.99. The molecule has 0 spiro atoms. The molecule has 1 N–H and O–H groups in total. The number of aryl methyl sites for hydroxylation is 1. The van der Waals surface area contributed by atoms with Gasteiger partial charge in [0.05, 0.1) is 5.02 Å². The Morgan fingerprint density at radius 1 is 1.53 bits per heavy atom. The van der Waals surface area contributed by atoms with E-state index in [-0.39, 0.29) is 5.69 Å². The summed E-state index contributed by atoms with van der Waals surface area (Å²) in [6.07, 6.45) is 0. The SMILES string of the molecule is Cc1sc(-c2ccc(Br)c(Cl)c2)nc1C(=O)O. The van der Waals surface area contributed by atoms with Gasteiger partial charge in [-0.15, -0.1) is 11.3 Å². The maximum Gasteiger partial charge on any atom is 0.355 e.